The van der Waals surface area contributed by atoms with Crippen molar-refractivity contribution in [1.29, 1.82) is 0 Å². The minimum atomic E-state index is -0.689. The molecule has 4 rings (SSSR count). The number of hydrogen-bond donors (Lipinski definition) is 1. The van der Waals surface area contributed by atoms with Crippen LogP contribution in [0.3, 0.4) is 0 Å². The van der Waals surface area contributed by atoms with Gasteiger partial charge in [-0.15, -0.1) is 0 Å². The summed E-state index contributed by atoms with van der Waals surface area (Å²) in [5.74, 6) is -0.381. The summed E-state index contributed by atoms with van der Waals surface area (Å²) in [6.45, 7) is 2.87. The molecule has 0 aliphatic carbocycles. The smallest absolute Gasteiger partial charge is 0.284 e. The van der Waals surface area contributed by atoms with Gasteiger partial charge in [-0.05, 0) is 24.3 Å². The lowest BCUT2D eigenvalue weighted by atomic mass is 10.1. The first-order chi connectivity index (χ1) is 13.2. The first-order valence-corrected chi connectivity index (χ1v) is 8.72. The van der Waals surface area contributed by atoms with Crippen LogP contribution in [0.15, 0.2) is 53.6 Å². The van der Waals surface area contributed by atoms with Crippen LogP contribution in [0.5, 0.6) is 0 Å². The second-order valence-corrected chi connectivity index (χ2v) is 6.25. The number of hydrogen-bond acceptors (Lipinski definition) is 4. The summed E-state index contributed by atoms with van der Waals surface area (Å²) in [5.41, 5.74) is 4.64. The van der Waals surface area contributed by atoms with Crippen LogP contribution in [0.4, 0.5) is 20.3 Å². The molecule has 138 valence electrons. The van der Waals surface area contributed by atoms with E-state index in [1.165, 1.54) is 12.1 Å². The quantitative estimate of drug-likeness (QED) is 0.568. The fourth-order valence-electron chi connectivity index (χ4n) is 3.07. The standard InChI is InChI=1S/C20H18F2N4O/c21-16-5-6-19(17(22)12-16)25-23-13-15-11-14-3-1-2-4-18(14)24-20(15)26-7-9-27-10-8-26/h1-6,11-13,25H,7-10H2/p+1/b23-13-. The van der Waals surface area contributed by atoms with Crippen molar-refractivity contribution in [1.82, 2.24) is 0 Å². The lowest BCUT2D eigenvalue weighted by Crippen LogP contribution is -2.40. The molecule has 1 aliphatic heterocycles. The first-order valence-electron chi connectivity index (χ1n) is 8.72. The van der Waals surface area contributed by atoms with Crippen LogP contribution in [0, 0.1) is 11.6 Å². The molecular formula is C20H19F2N4O+. The molecule has 2 N–H and O–H groups in total. The van der Waals surface area contributed by atoms with Crippen molar-refractivity contribution in [2.24, 2.45) is 5.10 Å². The van der Waals surface area contributed by atoms with Crippen molar-refractivity contribution < 1.29 is 18.5 Å². The van der Waals surface area contributed by atoms with Gasteiger partial charge < -0.3 is 4.74 Å². The van der Waals surface area contributed by atoms with E-state index in [9.17, 15) is 8.78 Å². The third-order valence-electron chi connectivity index (χ3n) is 4.45. The maximum atomic E-state index is 13.7. The van der Waals surface area contributed by atoms with Gasteiger partial charge in [0.1, 0.15) is 24.4 Å². The number of morpholine rings is 1. The summed E-state index contributed by atoms with van der Waals surface area (Å²) in [6.07, 6.45) is 1.64. The van der Waals surface area contributed by atoms with Crippen molar-refractivity contribution in [2.45, 2.75) is 0 Å². The van der Waals surface area contributed by atoms with Gasteiger partial charge in [-0.1, -0.05) is 18.2 Å². The third kappa shape index (κ3) is 3.88. The number of benzene rings is 2. The van der Waals surface area contributed by atoms with Crippen molar-refractivity contribution >= 4 is 28.6 Å². The largest absolute Gasteiger partial charge is 0.373 e. The number of anilines is 2. The fraction of sp³-hybridized carbons (Fsp3) is 0.200. The molecule has 2 heterocycles. The number of ether oxygens (including phenoxy) is 1. The second kappa shape index (κ2) is 7.67. The minimum absolute atomic E-state index is 0.116. The molecule has 0 bridgehead atoms. The van der Waals surface area contributed by atoms with E-state index >= 15 is 0 Å². The molecule has 0 saturated carbocycles. The Labute approximate surface area is 155 Å². The zero-order chi connectivity index (χ0) is 18.6. The third-order valence-corrected chi connectivity index (χ3v) is 4.45. The van der Waals surface area contributed by atoms with E-state index in [-0.39, 0.29) is 5.69 Å². The molecule has 3 aromatic rings. The molecule has 1 saturated heterocycles. The number of aromatic nitrogens is 1. The average Bonchev–Trinajstić information content (AvgIpc) is 2.70. The van der Waals surface area contributed by atoms with Crippen LogP contribution < -0.4 is 15.3 Å². The Morgan fingerprint density at radius 1 is 1.07 bits per heavy atom. The molecule has 7 heteroatoms. The normalized spacial score (nSPS) is 14.8. The highest BCUT2D eigenvalue weighted by atomic mass is 19.1. The minimum Gasteiger partial charge on any atom is -0.373 e. The van der Waals surface area contributed by atoms with Crippen LogP contribution in [0.2, 0.25) is 0 Å². The van der Waals surface area contributed by atoms with Gasteiger partial charge in [-0.3, -0.25) is 10.3 Å². The van der Waals surface area contributed by atoms with Gasteiger partial charge in [-0.2, -0.15) is 5.10 Å². The van der Waals surface area contributed by atoms with Crippen LogP contribution in [-0.2, 0) is 4.74 Å². The summed E-state index contributed by atoms with van der Waals surface area (Å²) in [5, 5.41) is 5.19. The summed E-state index contributed by atoms with van der Waals surface area (Å²) >= 11 is 0. The summed E-state index contributed by atoms with van der Waals surface area (Å²) in [7, 11) is 0. The zero-order valence-corrected chi connectivity index (χ0v) is 14.6. The van der Waals surface area contributed by atoms with Crippen molar-refractivity contribution in [3.63, 3.8) is 0 Å². The highest BCUT2D eigenvalue weighted by Crippen LogP contribution is 2.20. The zero-order valence-electron chi connectivity index (χ0n) is 14.6. The molecule has 27 heavy (non-hydrogen) atoms. The van der Waals surface area contributed by atoms with E-state index in [0.29, 0.717) is 13.2 Å². The van der Waals surface area contributed by atoms with Gasteiger partial charge in [0.05, 0.1) is 30.7 Å². The second-order valence-electron chi connectivity index (χ2n) is 6.25. The first kappa shape index (κ1) is 17.4. The van der Waals surface area contributed by atoms with Crippen molar-refractivity contribution in [3.8, 4) is 0 Å². The molecule has 1 aromatic heterocycles. The molecule has 0 atom stereocenters. The van der Waals surface area contributed by atoms with Gasteiger partial charge in [0.25, 0.3) is 5.82 Å². The number of para-hydroxylation sites is 1. The Balaban J connectivity index is 1.66. The van der Waals surface area contributed by atoms with Gasteiger partial charge >= 0.3 is 0 Å². The van der Waals surface area contributed by atoms with Crippen LogP contribution in [0.25, 0.3) is 10.9 Å². The van der Waals surface area contributed by atoms with Crippen molar-refractivity contribution in [2.75, 3.05) is 36.6 Å². The Hall–Kier alpha value is -3.06. The van der Waals surface area contributed by atoms with Crippen LogP contribution in [-0.4, -0.2) is 32.5 Å². The molecule has 5 nitrogen and oxygen atoms in total. The molecule has 0 amide bonds. The fourth-order valence-corrected chi connectivity index (χ4v) is 3.07. The Kier molecular flexibility index (Phi) is 4.93. The van der Waals surface area contributed by atoms with E-state index in [1.54, 1.807) is 6.21 Å². The number of nitrogens with zero attached hydrogens (tertiary/aromatic N) is 2. The van der Waals surface area contributed by atoms with E-state index in [4.69, 9.17) is 4.74 Å². The predicted octanol–water partition coefficient (Wildman–Crippen LogP) is 3.21. The number of nitrogens with one attached hydrogen (secondary N) is 2. The highest BCUT2D eigenvalue weighted by Gasteiger charge is 2.23. The molecule has 2 aromatic carbocycles. The van der Waals surface area contributed by atoms with Crippen LogP contribution >= 0.6 is 0 Å². The monoisotopic (exact) mass is 369 g/mol. The molecule has 1 aliphatic rings. The Bertz CT molecular complexity index is 987. The lowest BCUT2D eigenvalue weighted by molar-refractivity contribution is -0.331. The summed E-state index contributed by atoms with van der Waals surface area (Å²) in [4.78, 5) is 5.66. The SMILES string of the molecule is Fc1ccc(N/N=C\c2cc3ccccc3[nH+]c2N2CCOCC2)c(F)c1. The molecule has 1 fully saturated rings. The summed E-state index contributed by atoms with van der Waals surface area (Å²) in [6, 6.07) is 13.3. The lowest BCUT2D eigenvalue weighted by Gasteiger charge is -2.22. The van der Waals surface area contributed by atoms with E-state index in [0.717, 1.165) is 41.4 Å². The van der Waals surface area contributed by atoms with Gasteiger partial charge in [0.15, 0.2) is 5.82 Å². The number of aromatic amines is 1. The Morgan fingerprint density at radius 3 is 2.70 bits per heavy atom. The summed E-state index contributed by atoms with van der Waals surface area (Å²) < 4.78 is 32.2. The van der Waals surface area contributed by atoms with Gasteiger partial charge in [-0.25, -0.2) is 13.8 Å². The van der Waals surface area contributed by atoms with Gasteiger partial charge in [0, 0.05) is 11.5 Å². The molecule has 0 spiro atoms. The number of fused-ring (bicyclic) bond motifs is 1. The Morgan fingerprint density at radius 2 is 1.89 bits per heavy atom. The van der Waals surface area contributed by atoms with E-state index < -0.39 is 11.6 Å². The molecule has 0 radical (unpaired) electrons. The average molecular weight is 369 g/mol. The predicted molar refractivity (Wildman–Crippen MR) is 101 cm³/mol. The van der Waals surface area contributed by atoms with E-state index in [1.807, 2.05) is 30.3 Å². The van der Waals surface area contributed by atoms with Gasteiger partial charge in [0.2, 0.25) is 0 Å². The molecular weight excluding hydrogens is 350 g/mol. The topological polar surface area (TPSA) is 51.0 Å². The maximum absolute atomic E-state index is 13.7. The maximum Gasteiger partial charge on any atom is 0.284 e. The van der Waals surface area contributed by atoms with E-state index in [2.05, 4.69) is 20.4 Å². The number of rotatable bonds is 4. The van der Waals surface area contributed by atoms with Crippen molar-refractivity contribution in [3.05, 3.63) is 65.7 Å². The molecule has 0 unspecified atom stereocenters. The highest BCUT2D eigenvalue weighted by molar-refractivity contribution is 5.91. The number of pyridine rings is 1. The van der Waals surface area contributed by atoms with Crippen LogP contribution in [0.1, 0.15) is 5.56 Å². The number of hydrazone groups is 1. The number of halogens is 2. The number of H-pyrrole nitrogens is 1.